The van der Waals surface area contributed by atoms with Crippen molar-refractivity contribution in [3.8, 4) is 0 Å². The van der Waals surface area contributed by atoms with Crippen molar-refractivity contribution in [2.24, 2.45) is 0 Å². The van der Waals surface area contributed by atoms with Gasteiger partial charge in [-0.3, -0.25) is 4.79 Å². The number of carbonyl (C=O) groups is 1. The smallest absolute Gasteiger partial charge is 0.251 e. The molecule has 1 saturated heterocycles. The molecule has 27 heavy (non-hydrogen) atoms. The Bertz CT molecular complexity index is 783. The SMILES string of the molecule is CC1CCCC(C)[NH+]1CCNC(=O)c1ccc2c(c1)ncn2C1CCCC1. The van der Waals surface area contributed by atoms with E-state index in [1.807, 2.05) is 18.5 Å². The molecule has 5 heteroatoms. The van der Waals surface area contributed by atoms with Crippen molar-refractivity contribution < 1.29 is 9.69 Å². The Morgan fingerprint density at radius 3 is 2.63 bits per heavy atom. The number of imidazole rings is 1. The molecular weight excluding hydrogens is 336 g/mol. The van der Waals surface area contributed by atoms with Gasteiger partial charge in [-0.25, -0.2) is 4.98 Å². The Morgan fingerprint density at radius 2 is 1.89 bits per heavy atom. The van der Waals surface area contributed by atoms with Crippen molar-refractivity contribution in [1.82, 2.24) is 14.9 Å². The molecule has 1 aliphatic carbocycles. The quantitative estimate of drug-likeness (QED) is 0.851. The molecule has 2 unspecified atom stereocenters. The summed E-state index contributed by atoms with van der Waals surface area (Å²) < 4.78 is 2.30. The van der Waals surface area contributed by atoms with Gasteiger partial charge in [0.2, 0.25) is 0 Å². The van der Waals surface area contributed by atoms with Crippen LogP contribution in [0.15, 0.2) is 24.5 Å². The summed E-state index contributed by atoms with van der Waals surface area (Å²) in [6, 6.07) is 7.92. The molecule has 0 spiro atoms. The normalized spacial score (nSPS) is 26.5. The Hall–Kier alpha value is -1.88. The summed E-state index contributed by atoms with van der Waals surface area (Å²) in [4.78, 5) is 18.8. The number of fused-ring (bicyclic) bond motifs is 1. The summed E-state index contributed by atoms with van der Waals surface area (Å²) in [6.07, 6.45) is 11.0. The number of hydrogen-bond donors (Lipinski definition) is 2. The van der Waals surface area contributed by atoms with Gasteiger partial charge in [0, 0.05) is 11.6 Å². The van der Waals surface area contributed by atoms with Crippen molar-refractivity contribution in [3.05, 3.63) is 30.1 Å². The third kappa shape index (κ3) is 3.88. The lowest BCUT2D eigenvalue weighted by molar-refractivity contribution is -0.950. The highest BCUT2D eigenvalue weighted by molar-refractivity contribution is 5.97. The molecule has 0 radical (unpaired) electrons. The average molecular weight is 370 g/mol. The maximum atomic E-state index is 12.6. The molecule has 1 saturated carbocycles. The van der Waals surface area contributed by atoms with Crippen molar-refractivity contribution in [2.45, 2.75) is 76.9 Å². The second-order valence-corrected chi connectivity index (χ2v) is 8.61. The number of piperidine rings is 1. The fraction of sp³-hybridized carbons (Fsp3) is 0.636. The molecule has 2 N–H and O–H groups in total. The van der Waals surface area contributed by atoms with Crippen molar-refractivity contribution in [2.75, 3.05) is 13.1 Å². The van der Waals surface area contributed by atoms with Crippen LogP contribution in [-0.2, 0) is 0 Å². The lowest BCUT2D eigenvalue weighted by atomic mass is 9.98. The van der Waals surface area contributed by atoms with Gasteiger partial charge in [-0.1, -0.05) is 12.8 Å². The van der Waals surface area contributed by atoms with Crippen molar-refractivity contribution in [3.63, 3.8) is 0 Å². The van der Waals surface area contributed by atoms with Crippen molar-refractivity contribution in [1.29, 1.82) is 0 Å². The first-order valence-electron chi connectivity index (χ1n) is 10.7. The van der Waals surface area contributed by atoms with Crippen LogP contribution < -0.4 is 10.2 Å². The maximum Gasteiger partial charge on any atom is 0.251 e. The van der Waals surface area contributed by atoms with Gasteiger partial charge in [-0.2, -0.15) is 0 Å². The number of aromatic nitrogens is 2. The molecule has 146 valence electrons. The molecule has 2 aliphatic rings. The fourth-order valence-corrected chi connectivity index (χ4v) is 5.15. The van der Waals surface area contributed by atoms with Crippen LogP contribution in [0.4, 0.5) is 0 Å². The van der Waals surface area contributed by atoms with E-state index in [0.29, 0.717) is 23.7 Å². The zero-order valence-corrected chi connectivity index (χ0v) is 16.7. The standard InChI is InChI=1S/C22H32N4O/c1-16-6-5-7-17(2)25(16)13-12-23-22(27)18-10-11-21-20(14-18)24-15-26(21)19-8-3-4-9-19/h10-11,14-17,19H,3-9,12-13H2,1-2H3,(H,23,27)/p+1. The molecule has 2 aromatic rings. The summed E-state index contributed by atoms with van der Waals surface area (Å²) >= 11 is 0. The van der Waals surface area contributed by atoms with E-state index in [0.717, 1.165) is 24.1 Å². The molecule has 1 aromatic heterocycles. The Labute approximate surface area is 162 Å². The fourth-order valence-electron chi connectivity index (χ4n) is 5.15. The largest absolute Gasteiger partial charge is 0.346 e. The maximum absolute atomic E-state index is 12.6. The van der Waals surface area contributed by atoms with Gasteiger partial charge in [0.25, 0.3) is 5.91 Å². The highest BCUT2D eigenvalue weighted by Gasteiger charge is 2.28. The number of amides is 1. The molecule has 1 aromatic carbocycles. The minimum absolute atomic E-state index is 0.0176. The van der Waals surface area contributed by atoms with Crippen LogP contribution in [0, 0.1) is 0 Å². The summed E-state index contributed by atoms with van der Waals surface area (Å²) in [6.45, 7) is 6.41. The van der Waals surface area contributed by atoms with E-state index in [9.17, 15) is 4.79 Å². The topological polar surface area (TPSA) is 51.4 Å². The zero-order chi connectivity index (χ0) is 18.8. The molecule has 0 bridgehead atoms. The molecule has 2 atom stereocenters. The monoisotopic (exact) mass is 369 g/mol. The van der Waals surface area contributed by atoms with Gasteiger partial charge in [0.05, 0.1) is 42.5 Å². The summed E-state index contributed by atoms with van der Waals surface area (Å²) in [5.41, 5.74) is 2.80. The molecule has 2 heterocycles. The number of carbonyl (C=O) groups excluding carboxylic acids is 1. The van der Waals surface area contributed by atoms with Gasteiger partial charge in [0.15, 0.2) is 0 Å². The van der Waals surface area contributed by atoms with Crippen LogP contribution in [0.1, 0.15) is 75.2 Å². The molecule has 1 amide bonds. The number of quaternary nitrogens is 1. The third-order valence-electron chi connectivity index (χ3n) is 6.79. The van der Waals surface area contributed by atoms with Gasteiger partial charge in [0.1, 0.15) is 0 Å². The second kappa shape index (κ2) is 8.01. The third-order valence-corrected chi connectivity index (χ3v) is 6.79. The van der Waals surface area contributed by atoms with E-state index in [4.69, 9.17) is 0 Å². The molecule has 5 nitrogen and oxygen atoms in total. The first kappa shape index (κ1) is 18.5. The molecular formula is C22H33N4O+. The van der Waals surface area contributed by atoms with Crippen LogP contribution in [-0.4, -0.2) is 40.6 Å². The first-order valence-corrected chi connectivity index (χ1v) is 10.7. The van der Waals surface area contributed by atoms with Gasteiger partial charge in [-0.15, -0.1) is 0 Å². The number of likely N-dealkylation sites (tertiary alicyclic amines) is 1. The zero-order valence-electron chi connectivity index (χ0n) is 16.7. The molecule has 2 fully saturated rings. The van der Waals surface area contributed by atoms with E-state index in [-0.39, 0.29) is 5.91 Å². The van der Waals surface area contributed by atoms with Crippen LogP contribution in [0.5, 0.6) is 0 Å². The van der Waals surface area contributed by atoms with E-state index < -0.39 is 0 Å². The Morgan fingerprint density at radius 1 is 1.15 bits per heavy atom. The molecule has 4 rings (SSSR count). The van der Waals surface area contributed by atoms with E-state index in [1.165, 1.54) is 44.9 Å². The lowest BCUT2D eigenvalue weighted by Crippen LogP contribution is -3.19. The van der Waals surface area contributed by atoms with Gasteiger partial charge >= 0.3 is 0 Å². The predicted octanol–water partition coefficient (Wildman–Crippen LogP) is 2.73. The number of nitrogens with one attached hydrogen (secondary N) is 2. The van der Waals surface area contributed by atoms with Crippen molar-refractivity contribution >= 4 is 16.9 Å². The first-order chi connectivity index (χ1) is 13.1. The Balaban J connectivity index is 1.38. The number of hydrogen-bond acceptors (Lipinski definition) is 2. The number of nitrogens with zero attached hydrogens (tertiary/aromatic N) is 2. The molecule has 1 aliphatic heterocycles. The minimum atomic E-state index is 0.0176. The van der Waals surface area contributed by atoms with E-state index in [2.05, 4.69) is 34.8 Å². The highest BCUT2D eigenvalue weighted by Crippen LogP contribution is 2.32. The second-order valence-electron chi connectivity index (χ2n) is 8.61. The predicted molar refractivity (Wildman–Crippen MR) is 108 cm³/mol. The van der Waals surface area contributed by atoms with Gasteiger partial charge in [-0.05, 0) is 64.2 Å². The lowest BCUT2D eigenvalue weighted by Gasteiger charge is -2.35. The highest BCUT2D eigenvalue weighted by atomic mass is 16.1. The van der Waals surface area contributed by atoms with E-state index >= 15 is 0 Å². The minimum Gasteiger partial charge on any atom is -0.346 e. The number of benzene rings is 1. The average Bonchev–Trinajstić information content (AvgIpc) is 3.32. The van der Waals surface area contributed by atoms with E-state index in [1.54, 1.807) is 4.90 Å². The van der Waals surface area contributed by atoms with Crippen LogP contribution in [0.2, 0.25) is 0 Å². The van der Waals surface area contributed by atoms with Crippen LogP contribution in [0.3, 0.4) is 0 Å². The van der Waals surface area contributed by atoms with Crippen LogP contribution >= 0.6 is 0 Å². The van der Waals surface area contributed by atoms with Crippen LogP contribution in [0.25, 0.3) is 11.0 Å². The summed E-state index contributed by atoms with van der Waals surface area (Å²) in [5.74, 6) is 0.0176. The summed E-state index contributed by atoms with van der Waals surface area (Å²) in [5, 5.41) is 3.12. The van der Waals surface area contributed by atoms with Gasteiger partial charge < -0.3 is 14.8 Å². The Kier molecular flexibility index (Phi) is 5.48. The summed E-state index contributed by atoms with van der Waals surface area (Å²) in [7, 11) is 0. The number of rotatable bonds is 5.